The lowest BCUT2D eigenvalue weighted by molar-refractivity contribution is 0.285. The summed E-state index contributed by atoms with van der Waals surface area (Å²) in [5.41, 5.74) is 0.537. The molecule has 7 heteroatoms. The monoisotopic (exact) mass is 378 g/mol. The Kier molecular flexibility index (Phi) is 4.57. The lowest BCUT2D eigenvalue weighted by Crippen LogP contribution is -2.20. The molecule has 3 aromatic rings. The van der Waals surface area contributed by atoms with Gasteiger partial charge in [-0.25, -0.2) is 9.18 Å². The zero-order chi connectivity index (χ0) is 16.2. The van der Waals surface area contributed by atoms with Gasteiger partial charge >= 0.3 is 5.76 Å². The van der Waals surface area contributed by atoms with Crippen LogP contribution in [0, 0.1) is 5.82 Å². The molecule has 0 amide bonds. The van der Waals surface area contributed by atoms with Crippen molar-refractivity contribution >= 4 is 15.9 Å². The molecule has 2 aromatic carbocycles. The summed E-state index contributed by atoms with van der Waals surface area (Å²) in [6.45, 7) is 0.516. The molecule has 5 nitrogen and oxygen atoms in total. The first-order valence-corrected chi connectivity index (χ1v) is 7.63. The Morgan fingerprint density at radius 2 is 2.00 bits per heavy atom. The summed E-state index contributed by atoms with van der Waals surface area (Å²) < 4.78 is 25.6. The van der Waals surface area contributed by atoms with E-state index >= 15 is 0 Å². The number of aromatic nitrogens is 2. The van der Waals surface area contributed by atoms with Crippen molar-refractivity contribution in [2.75, 3.05) is 6.61 Å². The first-order chi connectivity index (χ1) is 11.1. The molecule has 0 spiro atoms. The van der Waals surface area contributed by atoms with Crippen LogP contribution in [0.25, 0.3) is 11.5 Å². The molecule has 0 unspecified atom stereocenters. The minimum Gasteiger partial charge on any atom is -0.492 e. The fourth-order valence-corrected chi connectivity index (χ4v) is 2.34. The second kappa shape index (κ2) is 6.78. The zero-order valence-corrected chi connectivity index (χ0v) is 13.5. The Bertz CT molecular complexity index is 858. The number of rotatable bonds is 5. The summed E-state index contributed by atoms with van der Waals surface area (Å²) in [5, 5.41) is 4.08. The third-order valence-corrected chi connectivity index (χ3v) is 3.56. The van der Waals surface area contributed by atoms with Crippen LogP contribution in [-0.2, 0) is 6.54 Å². The van der Waals surface area contributed by atoms with E-state index in [-0.39, 0.29) is 24.9 Å². The van der Waals surface area contributed by atoms with Crippen molar-refractivity contribution in [3.05, 3.63) is 69.4 Å². The fourth-order valence-electron chi connectivity index (χ4n) is 1.96. The number of nitrogens with zero attached hydrogens (tertiary/aromatic N) is 2. The molecule has 0 radical (unpaired) electrons. The lowest BCUT2D eigenvalue weighted by atomic mass is 10.2. The largest absolute Gasteiger partial charge is 0.492 e. The van der Waals surface area contributed by atoms with E-state index in [4.69, 9.17) is 9.15 Å². The van der Waals surface area contributed by atoms with Crippen molar-refractivity contribution in [2.45, 2.75) is 6.54 Å². The number of hydrogen-bond donors (Lipinski definition) is 0. The standard InChI is InChI=1S/C16H12BrFN2O3/c17-12-2-1-3-14(10-12)22-9-8-20-16(21)23-15(19-20)11-4-6-13(18)7-5-11/h1-7,10H,8-9H2. The zero-order valence-electron chi connectivity index (χ0n) is 11.9. The van der Waals surface area contributed by atoms with Crippen molar-refractivity contribution in [1.29, 1.82) is 0 Å². The second-order valence-electron chi connectivity index (χ2n) is 4.71. The molecule has 1 aromatic heterocycles. The average molecular weight is 379 g/mol. The molecule has 0 fully saturated rings. The number of benzene rings is 2. The first kappa shape index (κ1) is 15.5. The van der Waals surface area contributed by atoms with Crippen molar-refractivity contribution in [3.63, 3.8) is 0 Å². The molecule has 23 heavy (non-hydrogen) atoms. The Hall–Kier alpha value is -2.41. The van der Waals surface area contributed by atoms with Crippen molar-refractivity contribution in [2.24, 2.45) is 0 Å². The van der Waals surface area contributed by atoms with Crippen molar-refractivity contribution in [3.8, 4) is 17.2 Å². The molecule has 118 valence electrons. The minimum atomic E-state index is -0.581. The van der Waals surface area contributed by atoms with Crippen molar-refractivity contribution < 1.29 is 13.5 Å². The van der Waals surface area contributed by atoms with Gasteiger partial charge in [-0.2, -0.15) is 4.68 Å². The summed E-state index contributed by atoms with van der Waals surface area (Å²) in [6, 6.07) is 13.0. The maximum Gasteiger partial charge on any atom is 0.437 e. The van der Waals surface area contributed by atoms with E-state index in [1.165, 1.54) is 28.9 Å². The molecule has 3 rings (SSSR count). The third-order valence-electron chi connectivity index (χ3n) is 3.07. The third kappa shape index (κ3) is 3.87. The summed E-state index contributed by atoms with van der Waals surface area (Å²) in [6.07, 6.45) is 0. The van der Waals surface area contributed by atoms with Crippen LogP contribution in [0.1, 0.15) is 0 Å². The van der Waals surface area contributed by atoms with Gasteiger partial charge in [0.15, 0.2) is 0 Å². The highest BCUT2D eigenvalue weighted by Gasteiger charge is 2.10. The predicted molar refractivity (Wildman–Crippen MR) is 85.8 cm³/mol. The minimum absolute atomic E-state index is 0.150. The van der Waals surface area contributed by atoms with Crippen LogP contribution < -0.4 is 10.5 Å². The van der Waals surface area contributed by atoms with Gasteiger partial charge in [0, 0.05) is 10.0 Å². The van der Waals surface area contributed by atoms with Gasteiger partial charge in [0.2, 0.25) is 5.89 Å². The number of halogens is 2. The van der Waals surface area contributed by atoms with E-state index in [0.717, 1.165) is 4.47 Å². The Balaban J connectivity index is 1.67. The summed E-state index contributed by atoms with van der Waals surface area (Å²) >= 11 is 3.36. The van der Waals surface area contributed by atoms with Gasteiger partial charge in [-0.1, -0.05) is 22.0 Å². The maximum atomic E-state index is 12.9. The smallest absolute Gasteiger partial charge is 0.437 e. The van der Waals surface area contributed by atoms with Crippen molar-refractivity contribution in [1.82, 2.24) is 9.78 Å². The number of ether oxygens (including phenoxy) is 1. The van der Waals surface area contributed by atoms with Crippen LogP contribution in [0.5, 0.6) is 5.75 Å². The van der Waals surface area contributed by atoms with Crippen LogP contribution in [-0.4, -0.2) is 16.4 Å². The van der Waals surface area contributed by atoms with Crippen LogP contribution in [0.2, 0.25) is 0 Å². The molecule has 0 atom stereocenters. The molecule has 0 bridgehead atoms. The van der Waals surface area contributed by atoms with E-state index in [1.807, 2.05) is 24.3 Å². The quantitative estimate of drug-likeness (QED) is 0.681. The van der Waals surface area contributed by atoms with Crippen LogP contribution in [0.3, 0.4) is 0 Å². The predicted octanol–water partition coefficient (Wildman–Crippen LogP) is 3.48. The van der Waals surface area contributed by atoms with E-state index in [1.54, 1.807) is 0 Å². The van der Waals surface area contributed by atoms with Crippen LogP contribution in [0.15, 0.2) is 62.2 Å². The van der Waals surface area contributed by atoms with Crippen LogP contribution >= 0.6 is 15.9 Å². The lowest BCUT2D eigenvalue weighted by Gasteiger charge is -2.05. The van der Waals surface area contributed by atoms with Gasteiger partial charge in [0.25, 0.3) is 0 Å². The van der Waals surface area contributed by atoms with Gasteiger partial charge in [-0.3, -0.25) is 0 Å². The highest BCUT2D eigenvalue weighted by molar-refractivity contribution is 9.10. The molecule has 0 aliphatic rings. The molecule has 0 saturated heterocycles. The highest BCUT2D eigenvalue weighted by Crippen LogP contribution is 2.18. The Morgan fingerprint density at radius 3 is 2.74 bits per heavy atom. The van der Waals surface area contributed by atoms with Gasteiger partial charge in [0.05, 0.1) is 6.54 Å². The van der Waals surface area contributed by atoms with E-state index in [9.17, 15) is 9.18 Å². The Morgan fingerprint density at radius 1 is 1.22 bits per heavy atom. The summed E-state index contributed by atoms with van der Waals surface area (Å²) in [7, 11) is 0. The van der Waals surface area contributed by atoms with Gasteiger partial charge in [0.1, 0.15) is 18.2 Å². The molecular weight excluding hydrogens is 367 g/mol. The molecule has 0 aliphatic carbocycles. The summed E-state index contributed by atoms with van der Waals surface area (Å²) in [4.78, 5) is 11.8. The molecule has 0 aliphatic heterocycles. The molecule has 0 N–H and O–H groups in total. The average Bonchev–Trinajstić information content (AvgIpc) is 2.89. The van der Waals surface area contributed by atoms with E-state index in [2.05, 4.69) is 21.0 Å². The molecule has 0 saturated carbocycles. The van der Waals surface area contributed by atoms with Crippen LogP contribution in [0.4, 0.5) is 4.39 Å². The molecular formula is C16H12BrFN2O3. The second-order valence-corrected chi connectivity index (χ2v) is 5.62. The first-order valence-electron chi connectivity index (χ1n) is 6.84. The van der Waals surface area contributed by atoms with Gasteiger partial charge in [-0.05, 0) is 42.5 Å². The number of hydrogen-bond acceptors (Lipinski definition) is 4. The maximum absolute atomic E-state index is 12.9. The highest BCUT2D eigenvalue weighted by atomic mass is 79.9. The summed E-state index contributed by atoms with van der Waals surface area (Å²) in [5.74, 6) is -0.104. The molecule has 1 heterocycles. The SMILES string of the molecule is O=c1oc(-c2ccc(F)cc2)nn1CCOc1cccc(Br)c1. The van der Waals surface area contributed by atoms with Gasteiger partial charge < -0.3 is 9.15 Å². The topological polar surface area (TPSA) is 57.3 Å². The fraction of sp³-hybridized carbons (Fsp3) is 0.125. The normalized spacial score (nSPS) is 10.7. The van der Waals surface area contributed by atoms with Gasteiger partial charge in [-0.15, -0.1) is 5.10 Å². The van der Waals surface area contributed by atoms with E-state index in [0.29, 0.717) is 11.3 Å². The Labute approximate surface area is 139 Å². The van der Waals surface area contributed by atoms with E-state index < -0.39 is 5.76 Å².